The molecule has 148 valence electrons. The second-order valence-corrected chi connectivity index (χ2v) is 7.64. The molecule has 7 heteroatoms. The van der Waals surface area contributed by atoms with Crippen LogP contribution in [0.4, 0.5) is 5.82 Å². The van der Waals surface area contributed by atoms with E-state index in [2.05, 4.69) is 15.2 Å². The number of likely N-dealkylation sites (N-methyl/N-ethyl adjacent to an activating group) is 1. The Hall–Kier alpha value is -2.38. The first-order valence-corrected chi connectivity index (χ1v) is 8.97. The minimum absolute atomic E-state index is 0.169. The van der Waals surface area contributed by atoms with E-state index in [1.807, 2.05) is 38.4 Å². The van der Waals surface area contributed by atoms with Crippen molar-refractivity contribution in [3.63, 3.8) is 0 Å². The number of carbonyl (C=O) groups excluding carboxylic acids is 1. The molecular formula is C20H29N3O4. The van der Waals surface area contributed by atoms with Crippen LogP contribution in [0.2, 0.25) is 0 Å². The van der Waals surface area contributed by atoms with E-state index in [4.69, 9.17) is 9.47 Å². The van der Waals surface area contributed by atoms with Crippen LogP contribution in [0.15, 0.2) is 30.3 Å². The molecule has 0 saturated carbocycles. The summed E-state index contributed by atoms with van der Waals surface area (Å²) in [6, 6.07) is 9.31. The lowest BCUT2D eigenvalue weighted by atomic mass is 10.2. The van der Waals surface area contributed by atoms with E-state index >= 15 is 0 Å². The average molecular weight is 375 g/mol. The van der Waals surface area contributed by atoms with Crippen LogP contribution >= 0.6 is 0 Å². The van der Waals surface area contributed by atoms with E-state index in [1.54, 1.807) is 26.8 Å². The van der Waals surface area contributed by atoms with Crippen LogP contribution in [0.1, 0.15) is 20.8 Å². The van der Waals surface area contributed by atoms with Gasteiger partial charge in [-0.2, -0.15) is 0 Å². The van der Waals surface area contributed by atoms with Gasteiger partial charge in [0.05, 0.1) is 5.52 Å². The third-order valence-corrected chi connectivity index (χ3v) is 3.61. The number of rotatable bonds is 8. The Balaban J connectivity index is 1.95. The summed E-state index contributed by atoms with van der Waals surface area (Å²) in [5.74, 6) is 0.678. The van der Waals surface area contributed by atoms with Crippen molar-refractivity contribution in [2.45, 2.75) is 32.5 Å². The van der Waals surface area contributed by atoms with Crippen molar-refractivity contribution >= 4 is 22.7 Å². The van der Waals surface area contributed by atoms with E-state index in [0.717, 1.165) is 29.8 Å². The van der Waals surface area contributed by atoms with E-state index < -0.39 is 17.7 Å². The molecule has 0 aliphatic rings. The molecule has 2 aromatic rings. The first-order chi connectivity index (χ1) is 12.6. The molecule has 0 aliphatic heterocycles. The van der Waals surface area contributed by atoms with Gasteiger partial charge in [-0.15, -0.1) is 0 Å². The van der Waals surface area contributed by atoms with Gasteiger partial charge in [-0.3, -0.25) is 0 Å². The van der Waals surface area contributed by atoms with Crippen LogP contribution in [-0.2, 0) is 9.53 Å². The molecule has 2 rings (SSSR count). The molecule has 27 heavy (non-hydrogen) atoms. The number of nitrogens with zero attached hydrogens (tertiary/aromatic N) is 2. The Morgan fingerprint density at radius 1 is 1.26 bits per heavy atom. The molecule has 0 radical (unpaired) electrons. The number of nitrogens with one attached hydrogen (secondary N) is 1. The minimum atomic E-state index is -1.33. The van der Waals surface area contributed by atoms with Crippen molar-refractivity contribution in [3.8, 4) is 5.75 Å². The third kappa shape index (κ3) is 7.03. The number of hydrogen-bond acceptors (Lipinski definition) is 7. The normalized spacial score (nSPS) is 12.9. The second kappa shape index (κ2) is 9.01. The Morgan fingerprint density at radius 2 is 2.00 bits per heavy atom. The lowest BCUT2D eigenvalue weighted by molar-refractivity contribution is -0.166. The largest absolute Gasteiger partial charge is 0.490 e. The zero-order valence-electron chi connectivity index (χ0n) is 16.7. The van der Waals surface area contributed by atoms with Gasteiger partial charge in [0.15, 0.2) is 6.10 Å². The van der Waals surface area contributed by atoms with Crippen LogP contribution in [0.3, 0.4) is 0 Å². The molecule has 1 atom stereocenters. The topological polar surface area (TPSA) is 83.9 Å². The summed E-state index contributed by atoms with van der Waals surface area (Å²) >= 11 is 0. The molecule has 0 amide bonds. The number of benzene rings is 1. The Labute approximate surface area is 160 Å². The molecule has 0 unspecified atom stereocenters. The molecule has 0 spiro atoms. The smallest absolute Gasteiger partial charge is 0.339 e. The van der Waals surface area contributed by atoms with Gasteiger partial charge in [0.1, 0.15) is 23.8 Å². The maximum absolute atomic E-state index is 11.8. The number of aliphatic hydroxyl groups excluding tert-OH is 1. The van der Waals surface area contributed by atoms with Gasteiger partial charge in [-0.25, -0.2) is 9.78 Å². The van der Waals surface area contributed by atoms with Gasteiger partial charge in [0, 0.05) is 18.5 Å². The standard InChI is InChI=1S/C20H29N3O4/c1-20(2,3)27-19(25)17(24)13-26-15-7-8-16-14(12-15)6-9-18(22-16)21-10-11-23(4)5/h6-9,12,17,24H,10-11,13H2,1-5H3,(H,21,22)/t17-/m1/s1. The van der Waals surface area contributed by atoms with Crippen molar-refractivity contribution in [1.29, 1.82) is 0 Å². The maximum Gasteiger partial charge on any atom is 0.339 e. The van der Waals surface area contributed by atoms with Crippen LogP contribution in [0.5, 0.6) is 5.75 Å². The number of carbonyl (C=O) groups is 1. The molecule has 1 heterocycles. The quantitative estimate of drug-likeness (QED) is 0.685. The third-order valence-electron chi connectivity index (χ3n) is 3.61. The Morgan fingerprint density at radius 3 is 2.67 bits per heavy atom. The highest BCUT2D eigenvalue weighted by Gasteiger charge is 2.23. The second-order valence-electron chi connectivity index (χ2n) is 7.64. The zero-order valence-corrected chi connectivity index (χ0v) is 16.7. The molecule has 0 bridgehead atoms. The molecule has 0 fully saturated rings. The lowest BCUT2D eigenvalue weighted by Gasteiger charge is -2.21. The predicted molar refractivity (Wildman–Crippen MR) is 106 cm³/mol. The summed E-state index contributed by atoms with van der Waals surface area (Å²) in [7, 11) is 4.05. The van der Waals surface area contributed by atoms with Crippen molar-refractivity contribution in [2.24, 2.45) is 0 Å². The first kappa shape index (κ1) is 20.9. The summed E-state index contributed by atoms with van der Waals surface area (Å²) in [5.41, 5.74) is 0.190. The minimum Gasteiger partial charge on any atom is -0.490 e. The van der Waals surface area contributed by atoms with E-state index in [-0.39, 0.29) is 6.61 Å². The monoisotopic (exact) mass is 375 g/mol. The predicted octanol–water partition coefficient (Wildman–Crippen LogP) is 2.29. The maximum atomic E-state index is 11.8. The summed E-state index contributed by atoms with van der Waals surface area (Å²) in [4.78, 5) is 18.5. The molecule has 1 aromatic heterocycles. The fourth-order valence-corrected chi connectivity index (χ4v) is 2.31. The Bertz CT molecular complexity index is 771. The van der Waals surface area contributed by atoms with Gasteiger partial charge in [0.2, 0.25) is 0 Å². The Kier molecular flexibility index (Phi) is 6.98. The van der Waals surface area contributed by atoms with Gasteiger partial charge < -0.3 is 24.8 Å². The van der Waals surface area contributed by atoms with Crippen molar-refractivity contribution in [2.75, 3.05) is 39.1 Å². The summed E-state index contributed by atoms with van der Waals surface area (Å²) in [5, 5.41) is 14.1. The van der Waals surface area contributed by atoms with Crippen molar-refractivity contribution in [1.82, 2.24) is 9.88 Å². The van der Waals surface area contributed by atoms with Gasteiger partial charge >= 0.3 is 5.97 Å². The van der Waals surface area contributed by atoms with Crippen LogP contribution in [0.25, 0.3) is 10.9 Å². The average Bonchev–Trinajstić information content (AvgIpc) is 2.57. The fourth-order valence-electron chi connectivity index (χ4n) is 2.31. The highest BCUT2D eigenvalue weighted by molar-refractivity contribution is 5.81. The van der Waals surface area contributed by atoms with Crippen molar-refractivity contribution in [3.05, 3.63) is 30.3 Å². The van der Waals surface area contributed by atoms with Crippen molar-refractivity contribution < 1.29 is 19.4 Å². The van der Waals surface area contributed by atoms with Crippen LogP contribution in [-0.4, -0.2) is 66.5 Å². The van der Waals surface area contributed by atoms with E-state index in [0.29, 0.717) is 5.75 Å². The highest BCUT2D eigenvalue weighted by atomic mass is 16.6. The highest BCUT2D eigenvalue weighted by Crippen LogP contribution is 2.21. The number of pyridine rings is 1. The molecule has 1 aromatic carbocycles. The lowest BCUT2D eigenvalue weighted by Crippen LogP contribution is -2.35. The van der Waals surface area contributed by atoms with Crippen LogP contribution < -0.4 is 10.1 Å². The zero-order chi connectivity index (χ0) is 20.0. The molecular weight excluding hydrogens is 346 g/mol. The molecule has 0 saturated heterocycles. The summed E-state index contributed by atoms with van der Waals surface area (Å²) in [6.07, 6.45) is -1.33. The van der Waals surface area contributed by atoms with Gasteiger partial charge in [-0.05, 0) is 65.2 Å². The van der Waals surface area contributed by atoms with E-state index in [9.17, 15) is 9.90 Å². The number of anilines is 1. The van der Waals surface area contributed by atoms with E-state index in [1.165, 1.54) is 0 Å². The fraction of sp³-hybridized carbons (Fsp3) is 0.500. The number of fused-ring (bicyclic) bond motifs is 1. The number of esters is 1. The number of hydrogen-bond donors (Lipinski definition) is 2. The SMILES string of the molecule is CN(C)CCNc1ccc2cc(OC[C@@H](O)C(=O)OC(C)(C)C)ccc2n1. The number of aromatic nitrogens is 1. The molecule has 2 N–H and O–H groups in total. The first-order valence-electron chi connectivity index (χ1n) is 8.97. The summed E-state index contributed by atoms with van der Waals surface area (Å²) < 4.78 is 10.7. The molecule has 7 nitrogen and oxygen atoms in total. The van der Waals surface area contributed by atoms with Gasteiger partial charge in [0.25, 0.3) is 0 Å². The van der Waals surface area contributed by atoms with Gasteiger partial charge in [-0.1, -0.05) is 0 Å². The number of ether oxygens (including phenoxy) is 2. The van der Waals surface area contributed by atoms with Crippen LogP contribution in [0, 0.1) is 0 Å². The number of aliphatic hydroxyl groups is 1. The molecule has 0 aliphatic carbocycles. The summed E-state index contributed by atoms with van der Waals surface area (Å²) in [6.45, 7) is 6.81.